The topological polar surface area (TPSA) is 45.2 Å². The zero-order valence-corrected chi connectivity index (χ0v) is 13.7. The monoisotopic (exact) mass is 347 g/mol. The molecule has 1 amide bonds. The maximum absolute atomic E-state index is 12.2. The number of anilines is 2. The highest BCUT2D eigenvalue weighted by atomic mass is 79.9. The second-order valence-corrected chi connectivity index (χ2v) is 5.36. The van der Waals surface area contributed by atoms with Gasteiger partial charge in [-0.1, -0.05) is 12.1 Å². The lowest BCUT2D eigenvalue weighted by Crippen LogP contribution is -2.22. The molecule has 4 nitrogen and oxygen atoms in total. The Morgan fingerprint density at radius 2 is 1.90 bits per heavy atom. The van der Waals surface area contributed by atoms with Gasteiger partial charge in [0.05, 0.1) is 17.4 Å². The standard InChI is InChI=1S/C16H18BrN3O/c1-3-20(4-2)12-9-10-15(18-11-12)19-16(21)13-7-5-6-8-14(13)17/h5-11H,3-4H2,1-2H3,(H,18,19,21). The number of aromatic nitrogens is 1. The number of benzene rings is 1. The highest BCUT2D eigenvalue weighted by molar-refractivity contribution is 9.10. The molecule has 2 aromatic rings. The summed E-state index contributed by atoms with van der Waals surface area (Å²) in [5, 5.41) is 2.80. The molecule has 0 atom stereocenters. The predicted octanol–water partition coefficient (Wildman–Crippen LogP) is 3.94. The van der Waals surface area contributed by atoms with Crippen molar-refractivity contribution in [2.75, 3.05) is 23.3 Å². The number of nitrogens with zero attached hydrogens (tertiary/aromatic N) is 2. The average Bonchev–Trinajstić information content (AvgIpc) is 2.50. The minimum absolute atomic E-state index is 0.175. The van der Waals surface area contributed by atoms with E-state index in [1.807, 2.05) is 30.3 Å². The Morgan fingerprint density at radius 1 is 1.19 bits per heavy atom. The Morgan fingerprint density at radius 3 is 2.48 bits per heavy atom. The molecular weight excluding hydrogens is 330 g/mol. The van der Waals surface area contributed by atoms with E-state index in [1.165, 1.54) is 0 Å². The highest BCUT2D eigenvalue weighted by Crippen LogP contribution is 2.18. The number of carbonyl (C=O) groups is 1. The van der Waals surface area contributed by atoms with E-state index in [9.17, 15) is 4.79 Å². The van der Waals surface area contributed by atoms with Crippen molar-refractivity contribution in [3.8, 4) is 0 Å². The molecule has 5 heteroatoms. The summed E-state index contributed by atoms with van der Waals surface area (Å²) in [7, 11) is 0. The van der Waals surface area contributed by atoms with Crippen LogP contribution in [0.2, 0.25) is 0 Å². The van der Waals surface area contributed by atoms with Gasteiger partial charge in [-0.15, -0.1) is 0 Å². The fourth-order valence-corrected chi connectivity index (χ4v) is 2.53. The molecule has 0 aliphatic carbocycles. The third-order valence-electron chi connectivity index (χ3n) is 3.24. The summed E-state index contributed by atoms with van der Waals surface area (Å²) in [4.78, 5) is 18.7. The zero-order valence-electron chi connectivity index (χ0n) is 12.1. The largest absolute Gasteiger partial charge is 0.371 e. The van der Waals surface area contributed by atoms with Gasteiger partial charge >= 0.3 is 0 Å². The minimum atomic E-state index is -0.175. The summed E-state index contributed by atoms with van der Waals surface area (Å²) in [6, 6.07) is 11.1. The van der Waals surface area contributed by atoms with Crippen LogP contribution < -0.4 is 10.2 Å². The van der Waals surface area contributed by atoms with Gasteiger partial charge in [-0.05, 0) is 54.0 Å². The van der Waals surface area contributed by atoms with Crippen LogP contribution >= 0.6 is 15.9 Å². The van der Waals surface area contributed by atoms with E-state index in [0.717, 1.165) is 23.2 Å². The first-order chi connectivity index (χ1) is 10.2. The first kappa shape index (κ1) is 15.5. The van der Waals surface area contributed by atoms with Crippen molar-refractivity contribution in [3.63, 3.8) is 0 Å². The van der Waals surface area contributed by atoms with Crippen LogP contribution in [-0.2, 0) is 0 Å². The summed E-state index contributed by atoms with van der Waals surface area (Å²) in [6.07, 6.45) is 1.78. The number of nitrogens with one attached hydrogen (secondary N) is 1. The molecule has 1 heterocycles. The van der Waals surface area contributed by atoms with Crippen LogP contribution in [0.3, 0.4) is 0 Å². The molecule has 2 rings (SSSR count). The van der Waals surface area contributed by atoms with Crippen molar-refractivity contribution < 1.29 is 4.79 Å². The third-order valence-corrected chi connectivity index (χ3v) is 3.93. The lowest BCUT2D eigenvalue weighted by Gasteiger charge is -2.20. The van der Waals surface area contributed by atoms with Crippen LogP contribution in [-0.4, -0.2) is 24.0 Å². The lowest BCUT2D eigenvalue weighted by molar-refractivity contribution is 0.102. The van der Waals surface area contributed by atoms with Crippen LogP contribution in [0.25, 0.3) is 0 Å². The second-order valence-electron chi connectivity index (χ2n) is 4.51. The molecule has 0 aliphatic heterocycles. The molecule has 0 spiro atoms. The van der Waals surface area contributed by atoms with Crippen LogP contribution in [0.4, 0.5) is 11.5 Å². The third kappa shape index (κ3) is 3.82. The number of rotatable bonds is 5. The van der Waals surface area contributed by atoms with Gasteiger partial charge in [-0.3, -0.25) is 4.79 Å². The smallest absolute Gasteiger partial charge is 0.257 e. The first-order valence-electron chi connectivity index (χ1n) is 6.92. The number of hydrogen-bond acceptors (Lipinski definition) is 3. The molecular formula is C16H18BrN3O. The fourth-order valence-electron chi connectivity index (χ4n) is 2.06. The summed E-state index contributed by atoms with van der Waals surface area (Å²) < 4.78 is 0.766. The minimum Gasteiger partial charge on any atom is -0.371 e. The summed E-state index contributed by atoms with van der Waals surface area (Å²) in [6.45, 7) is 6.07. The van der Waals surface area contributed by atoms with E-state index < -0.39 is 0 Å². The molecule has 1 N–H and O–H groups in total. The highest BCUT2D eigenvalue weighted by Gasteiger charge is 2.10. The predicted molar refractivity (Wildman–Crippen MR) is 89.9 cm³/mol. The molecule has 0 saturated carbocycles. The Hall–Kier alpha value is -1.88. The Balaban J connectivity index is 2.10. The number of halogens is 1. The summed E-state index contributed by atoms with van der Waals surface area (Å²) in [5.74, 6) is 0.372. The van der Waals surface area contributed by atoms with E-state index in [4.69, 9.17) is 0 Å². The van der Waals surface area contributed by atoms with Gasteiger partial charge < -0.3 is 10.2 Å². The van der Waals surface area contributed by atoms with Crippen LogP contribution in [0.5, 0.6) is 0 Å². The molecule has 0 bridgehead atoms. The molecule has 0 fully saturated rings. The quantitative estimate of drug-likeness (QED) is 0.890. The van der Waals surface area contributed by atoms with Crippen molar-refractivity contribution in [2.45, 2.75) is 13.8 Å². The van der Waals surface area contributed by atoms with E-state index in [1.54, 1.807) is 12.3 Å². The Bertz CT molecular complexity index is 609. The van der Waals surface area contributed by atoms with E-state index in [2.05, 4.69) is 45.0 Å². The van der Waals surface area contributed by atoms with Gasteiger partial charge in [0, 0.05) is 17.6 Å². The van der Waals surface area contributed by atoms with Gasteiger partial charge in [0.1, 0.15) is 5.82 Å². The number of pyridine rings is 1. The van der Waals surface area contributed by atoms with E-state index in [0.29, 0.717) is 11.4 Å². The molecule has 1 aromatic carbocycles. The van der Waals surface area contributed by atoms with E-state index in [-0.39, 0.29) is 5.91 Å². The normalized spacial score (nSPS) is 10.2. The van der Waals surface area contributed by atoms with Crippen molar-refractivity contribution >= 4 is 33.3 Å². The van der Waals surface area contributed by atoms with Crippen LogP contribution in [0, 0.1) is 0 Å². The average molecular weight is 348 g/mol. The van der Waals surface area contributed by atoms with Gasteiger partial charge in [0.2, 0.25) is 0 Å². The van der Waals surface area contributed by atoms with Crippen molar-refractivity contribution in [1.82, 2.24) is 4.98 Å². The Kier molecular flexibility index (Phi) is 5.33. The lowest BCUT2D eigenvalue weighted by atomic mass is 10.2. The molecule has 21 heavy (non-hydrogen) atoms. The van der Waals surface area contributed by atoms with Crippen LogP contribution in [0.1, 0.15) is 24.2 Å². The van der Waals surface area contributed by atoms with Gasteiger partial charge in [0.15, 0.2) is 0 Å². The number of hydrogen-bond donors (Lipinski definition) is 1. The maximum Gasteiger partial charge on any atom is 0.257 e. The molecule has 0 radical (unpaired) electrons. The van der Waals surface area contributed by atoms with Crippen molar-refractivity contribution in [1.29, 1.82) is 0 Å². The van der Waals surface area contributed by atoms with Gasteiger partial charge in [-0.25, -0.2) is 4.98 Å². The summed E-state index contributed by atoms with van der Waals surface area (Å²) in [5.41, 5.74) is 1.64. The Labute approximate surface area is 133 Å². The molecule has 0 saturated heterocycles. The second kappa shape index (κ2) is 7.22. The molecule has 0 aliphatic rings. The molecule has 110 valence electrons. The van der Waals surface area contributed by atoms with Crippen molar-refractivity contribution in [3.05, 3.63) is 52.6 Å². The fraction of sp³-hybridized carbons (Fsp3) is 0.250. The van der Waals surface area contributed by atoms with Crippen LogP contribution in [0.15, 0.2) is 47.1 Å². The van der Waals surface area contributed by atoms with Crippen molar-refractivity contribution in [2.24, 2.45) is 0 Å². The first-order valence-corrected chi connectivity index (χ1v) is 7.71. The van der Waals surface area contributed by atoms with E-state index >= 15 is 0 Å². The number of amides is 1. The molecule has 1 aromatic heterocycles. The number of carbonyl (C=O) groups excluding carboxylic acids is 1. The summed E-state index contributed by atoms with van der Waals surface area (Å²) >= 11 is 3.37. The SMILES string of the molecule is CCN(CC)c1ccc(NC(=O)c2ccccc2Br)nc1. The zero-order chi connectivity index (χ0) is 15.2. The van der Waals surface area contributed by atoms with Gasteiger partial charge in [0.25, 0.3) is 5.91 Å². The molecule has 0 unspecified atom stereocenters. The van der Waals surface area contributed by atoms with Gasteiger partial charge in [-0.2, -0.15) is 0 Å². The maximum atomic E-state index is 12.2.